The van der Waals surface area contributed by atoms with Crippen molar-refractivity contribution in [3.8, 4) is 0 Å². The van der Waals surface area contributed by atoms with Crippen LogP contribution in [0.4, 0.5) is 4.79 Å². The van der Waals surface area contributed by atoms with Crippen LogP contribution in [0, 0.1) is 0 Å². The SMILES string of the molecule is CCC1COC(C)CN1C(=O)N1CCCC1(C)C(=O)O. The molecule has 1 N–H and O–H groups in total. The van der Waals surface area contributed by atoms with Crippen molar-refractivity contribution in [2.75, 3.05) is 19.7 Å². The molecule has 20 heavy (non-hydrogen) atoms. The van der Waals surface area contributed by atoms with Gasteiger partial charge in [-0.2, -0.15) is 0 Å². The molecule has 2 aliphatic heterocycles. The lowest BCUT2D eigenvalue weighted by atomic mass is 9.99. The van der Waals surface area contributed by atoms with Gasteiger partial charge in [0.05, 0.1) is 18.8 Å². The summed E-state index contributed by atoms with van der Waals surface area (Å²) >= 11 is 0. The van der Waals surface area contributed by atoms with Crippen molar-refractivity contribution in [1.82, 2.24) is 9.80 Å². The van der Waals surface area contributed by atoms with Crippen molar-refractivity contribution < 1.29 is 19.4 Å². The molecule has 0 saturated carbocycles. The normalized spacial score (nSPS) is 34.4. The third kappa shape index (κ3) is 2.49. The molecule has 0 aromatic carbocycles. The molecule has 2 aliphatic rings. The molecule has 0 spiro atoms. The fourth-order valence-corrected chi connectivity index (χ4v) is 3.06. The highest BCUT2D eigenvalue weighted by Gasteiger charge is 2.48. The number of aliphatic carboxylic acids is 1. The summed E-state index contributed by atoms with van der Waals surface area (Å²) in [4.78, 5) is 27.6. The number of amides is 2. The summed E-state index contributed by atoms with van der Waals surface area (Å²) in [5.74, 6) is -0.919. The molecule has 0 aliphatic carbocycles. The molecule has 0 aromatic rings. The van der Waals surface area contributed by atoms with Crippen molar-refractivity contribution in [2.24, 2.45) is 0 Å². The summed E-state index contributed by atoms with van der Waals surface area (Å²) in [6, 6.07) is -0.119. The summed E-state index contributed by atoms with van der Waals surface area (Å²) in [6.45, 7) is 7.18. The van der Waals surface area contributed by atoms with Crippen LogP contribution in [0.15, 0.2) is 0 Å². The molecule has 0 aromatic heterocycles. The minimum atomic E-state index is -1.07. The Morgan fingerprint density at radius 2 is 2.15 bits per heavy atom. The molecule has 6 nitrogen and oxygen atoms in total. The molecular weight excluding hydrogens is 260 g/mol. The quantitative estimate of drug-likeness (QED) is 0.835. The number of nitrogens with zero attached hydrogens (tertiary/aromatic N) is 2. The Labute approximate surface area is 119 Å². The second kappa shape index (κ2) is 5.60. The van der Waals surface area contributed by atoms with Gasteiger partial charge in [0.2, 0.25) is 0 Å². The largest absolute Gasteiger partial charge is 0.480 e. The molecule has 0 radical (unpaired) electrons. The van der Waals surface area contributed by atoms with Crippen LogP contribution in [0.3, 0.4) is 0 Å². The first kappa shape index (κ1) is 15.1. The first-order valence-corrected chi connectivity index (χ1v) is 7.33. The van der Waals surface area contributed by atoms with E-state index in [-0.39, 0.29) is 18.2 Å². The minimum absolute atomic E-state index is 0.000405. The molecule has 3 unspecified atom stereocenters. The second-order valence-electron chi connectivity index (χ2n) is 5.98. The maximum atomic E-state index is 12.8. The van der Waals surface area contributed by atoms with E-state index in [4.69, 9.17) is 4.74 Å². The van der Waals surface area contributed by atoms with Crippen molar-refractivity contribution in [2.45, 2.75) is 57.7 Å². The molecule has 2 heterocycles. The van der Waals surface area contributed by atoms with Gasteiger partial charge in [0.1, 0.15) is 5.54 Å². The molecule has 2 fully saturated rings. The van der Waals surface area contributed by atoms with E-state index in [1.54, 1.807) is 11.8 Å². The van der Waals surface area contributed by atoms with E-state index < -0.39 is 11.5 Å². The van der Waals surface area contributed by atoms with Crippen LogP contribution < -0.4 is 0 Å². The number of carboxylic acids is 1. The predicted molar refractivity (Wildman–Crippen MR) is 73.6 cm³/mol. The van der Waals surface area contributed by atoms with Crippen molar-refractivity contribution >= 4 is 12.0 Å². The zero-order valence-electron chi connectivity index (χ0n) is 12.5. The minimum Gasteiger partial charge on any atom is -0.480 e. The molecule has 6 heteroatoms. The van der Waals surface area contributed by atoms with E-state index in [0.29, 0.717) is 26.1 Å². The number of carbonyl (C=O) groups excluding carboxylic acids is 1. The van der Waals surface area contributed by atoms with Crippen LogP contribution in [0.2, 0.25) is 0 Å². The van der Waals surface area contributed by atoms with Gasteiger partial charge in [-0.15, -0.1) is 0 Å². The van der Waals surface area contributed by atoms with Gasteiger partial charge >= 0.3 is 12.0 Å². The number of morpholine rings is 1. The maximum absolute atomic E-state index is 12.8. The number of likely N-dealkylation sites (tertiary alicyclic amines) is 1. The monoisotopic (exact) mass is 284 g/mol. The maximum Gasteiger partial charge on any atom is 0.329 e. The third-order valence-corrected chi connectivity index (χ3v) is 4.52. The number of urea groups is 1. The van der Waals surface area contributed by atoms with Crippen molar-refractivity contribution in [1.29, 1.82) is 0 Å². The summed E-state index contributed by atoms with van der Waals surface area (Å²) in [6.07, 6.45) is 2.08. The Morgan fingerprint density at radius 3 is 2.75 bits per heavy atom. The Bertz CT molecular complexity index is 401. The molecular formula is C14H24N2O4. The Hall–Kier alpha value is -1.30. The first-order valence-electron chi connectivity index (χ1n) is 7.33. The standard InChI is InChI=1S/C14H24N2O4/c1-4-11-9-20-10(2)8-15(11)13(19)16-7-5-6-14(16,3)12(17)18/h10-11H,4-9H2,1-3H3,(H,17,18). The number of hydrogen-bond acceptors (Lipinski definition) is 3. The molecule has 3 atom stereocenters. The van der Waals surface area contributed by atoms with Crippen LogP contribution in [0.1, 0.15) is 40.0 Å². The van der Waals surface area contributed by atoms with Gasteiger partial charge in [-0.05, 0) is 33.1 Å². The van der Waals surface area contributed by atoms with Gasteiger partial charge in [0.25, 0.3) is 0 Å². The van der Waals surface area contributed by atoms with Crippen LogP contribution in [-0.4, -0.2) is 64.3 Å². The Kier molecular flexibility index (Phi) is 4.22. The van der Waals surface area contributed by atoms with E-state index in [0.717, 1.165) is 12.8 Å². The molecule has 0 bridgehead atoms. The van der Waals surface area contributed by atoms with Crippen LogP contribution >= 0.6 is 0 Å². The smallest absolute Gasteiger partial charge is 0.329 e. The van der Waals surface area contributed by atoms with E-state index in [9.17, 15) is 14.7 Å². The van der Waals surface area contributed by atoms with Crippen LogP contribution in [0.5, 0.6) is 0 Å². The number of rotatable bonds is 2. The topological polar surface area (TPSA) is 70.1 Å². The van der Waals surface area contributed by atoms with Crippen molar-refractivity contribution in [3.05, 3.63) is 0 Å². The highest BCUT2D eigenvalue weighted by atomic mass is 16.5. The highest BCUT2D eigenvalue weighted by molar-refractivity contribution is 5.86. The van der Waals surface area contributed by atoms with Gasteiger partial charge in [-0.1, -0.05) is 6.92 Å². The van der Waals surface area contributed by atoms with Gasteiger partial charge in [-0.3, -0.25) is 0 Å². The summed E-state index contributed by atoms with van der Waals surface area (Å²) in [7, 11) is 0. The zero-order valence-corrected chi connectivity index (χ0v) is 12.5. The molecule has 2 saturated heterocycles. The Balaban J connectivity index is 2.18. The van der Waals surface area contributed by atoms with Crippen LogP contribution in [0.25, 0.3) is 0 Å². The summed E-state index contributed by atoms with van der Waals surface area (Å²) < 4.78 is 5.60. The summed E-state index contributed by atoms with van der Waals surface area (Å²) in [5, 5.41) is 9.43. The lowest BCUT2D eigenvalue weighted by Gasteiger charge is -2.42. The summed E-state index contributed by atoms with van der Waals surface area (Å²) in [5.41, 5.74) is -1.07. The number of carbonyl (C=O) groups is 2. The number of carboxylic acid groups (broad SMARTS) is 1. The fourth-order valence-electron chi connectivity index (χ4n) is 3.06. The van der Waals surface area contributed by atoms with Gasteiger partial charge in [-0.25, -0.2) is 9.59 Å². The molecule has 114 valence electrons. The van der Waals surface area contributed by atoms with E-state index in [2.05, 4.69) is 0 Å². The van der Waals surface area contributed by atoms with E-state index in [1.807, 2.05) is 13.8 Å². The first-order chi connectivity index (χ1) is 9.40. The third-order valence-electron chi connectivity index (χ3n) is 4.52. The van der Waals surface area contributed by atoms with E-state index in [1.165, 1.54) is 4.90 Å². The number of hydrogen-bond donors (Lipinski definition) is 1. The van der Waals surface area contributed by atoms with Gasteiger partial charge in [0, 0.05) is 13.1 Å². The number of ether oxygens (including phenoxy) is 1. The second-order valence-corrected chi connectivity index (χ2v) is 5.98. The van der Waals surface area contributed by atoms with Gasteiger partial charge < -0.3 is 19.6 Å². The van der Waals surface area contributed by atoms with Gasteiger partial charge in [0.15, 0.2) is 0 Å². The van der Waals surface area contributed by atoms with E-state index >= 15 is 0 Å². The average Bonchev–Trinajstić information content (AvgIpc) is 2.81. The fraction of sp³-hybridized carbons (Fsp3) is 0.857. The molecule has 2 rings (SSSR count). The van der Waals surface area contributed by atoms with Crippen molar-refractivity contribution in [3.63, 3.8) is 0 Å². The molecule has 2 amide bonds. The Morgan fingerprint density at radius 1 is 1.45 bits per heavy atom. The van der Waals surface area contributed by atoms with Crippen LogP contribution in [-0.2, 0) is 9.53 Å². The lowest BCUT2D eigenvalue weighted by Crippen LogP contribution is -2.60. The average molecular weight is 284 g/mol. The predicted octanol–water partition coefficient (Wildman–Crippen LogP) is 1.54. The zero-order chi connectivity index (χ0) is 14.9. The highest BCUT2D eigenvalue weighted by Crippen LogP contribution is 2.31. The lowest BCUT2D eigenvalue weighted by molar-refractivity contribution is -0.147.